The summed E-state index contributed by atoms with van der Waals surface area (Å²) in [5.74, 6) is 0.713. The highest BCUT2D eigenvalue weighted by atomic mass is 16.5. The van der Waals surface area contributed by atoms with Crippen molar-refractivity contribution in [2.24, 2.45) is 0 Å². The van der Waals surface area contributed by atoms with E-state index >= 15 is 0 Å². The molecule has 13 heavy (non-hydrogen) atoms. The van der Waals surface area contributed by atoms with Gasteiger partial charge in [0.05, 0.1) is 23.6 Å². The molecule has 2 rings (SSSR count). The van der Waals surface area contributed by atoms with Crippen LogP contribution in [-0.2, 0) is 0 Å². The minimum atomic E-state index is 0.357. The smallest absolute Gasteiger partial charge is 0.139 e. The van der Waals surface area contributed by atoms with Gasteiger partial charge in [0, 0.05) is 6.07 Å². The average Bonchev–Trinajstić information content (AvgIpc) is 2.92. The second-order valence-corrected chi connectivity index (χ2v) is 3.23. The first-order chi connectivity index (χ1) is 6.29. The summed E-state index contributed by atoms with van der Waals surface area (Å²) in [5.41, 5.74) is 1.35. The highest BCUT2D eigenvalue weighted by Crippen LogP contribution is 2.26. The fourth-order valence-electron chi connectivity index (χ4n) is 1.07. The van der Waals surface area contributed by atoms with Crippen molar-refractivity contribution < 1.29 is 4.74 Å². The van der Waals surface area contributed by atoms with E-state index in [4.69, 9.17) is 10.00 Å². The molecule has 1 aromatic heterocycles. The maximum Gasteiger partial charge on any atom is 0.139 e. The first-order valence-electron chi connectivity index (χ1n) is 4.33. The predicted octanol–water partition coefficient (Wildman–Crippen LogP) is 1.80. The number of rotatable bonds is 2. The zero-order chi connectivity index (χ0) is 9.26. The maximum atomic E-state index is 8.75. The lowest BCUT2D eigenvalue weighted by atomic mass is 10.2. The summed E-state index contributed by atoms with van der Waals surface area (Å²) in [5, 5.41) is 8.75. The molecule has 0 spiro atoms. The Balaban J connectivity index is 2.22. The van der Waals surface area contributed by atoms with Crippen molar-refractivity contribution in [2.45, 2.75) is 25.9 Å². The van der Waals surface area contributed by atoms with E-state index in [0.29, 0.717) is 17.4 Å². The summed E-state index contributed by atoms with van der Waals surface area (Å²) >= 11 is 0. The second-order valence-electron chi connectivity index (χ2n) is 3.23. The molecule has 66 valence electrons. The van der Waals surface area contributed by atoms with Crippen molar-refractivity contribution >= 4 is 0 Å². The number of nitriles is 1. The molecule has 0 radical (unpaired) electrons. The van der Waals surface area contributed by atoms with Crippen molar-refractivity contribution in [1.82, 2.24) is 4.98 Å². The summed E-state index contributed by atoms with van der Waals surface area (Å²) in [6, 6.07) is 3.84. The van der Waals surface area contributed by atoms with Crippen LogP contribution in [0.2, 0.25) is 0 Å². The second kappa shape index (κ2) is 3.06. The van der Waals surface area contributed by atoms with Gasteiger partial charge in [-0.05, 0) is 19.8 Å². The third-order valence-corrected chi connectivity index (χ3v) is 2.01. The van der Waals surface area contributed by atoms with Gasteiger partial charge in [0.1, 0.15) is 11.8 Å². The normalized spacial score (nSPS) is 15.1. The van der Waals surface area contributed by atoms with E-state index < -0.39 is 0 Å². The molecule has 1 fully saturated rings. The number of pyridine rings is 1. The van der Waals surface area contributed by atoms with Crippen LogP contribution in [0, 0.1) is 18.3 Å². The largest absolute Gasteiger partial charge is 0.489 e. The Morgan fingerprint density at radius 1 is 1.62 bits per heavy atom. The molecule has 0 bridgehead atoms. The zero-order valence-electron chi connectivity index (χ0n) is 7.45. The first kappa shape index (κ1) is 8.06. The van der Waals surface area contributed by atoms with Gasteiger partial charge < -0.3 is 4.74 Å². The van der Waals surface area contributed by atoms with Gasteiger partial charge in [-0.1, -0.05) is 0 Å². The third-order valence-electron chi connectivity index (χ3n) is 2.01. The summed E-state index contributed by atoms with van der Waals surface area (Å²) in [4.78, 5) is 4.08. The fraction of sp³-hybridized carbons (Fsp3) is 0.400. The minimum Gasteiger partial charge on any atom is -0.489 e. The van der Waals surface area contributed by atoms with E-state index in [1.807, 2.05) is 6.92 Å². The molecule has 3 heteroatoms. The summed E-state index contributed by atoms with van der Waals surface area (Å²) < 4.78 is 5.51. The molecule has 0 amide bonds. The molecular formula is C10H10N2O. The molecule has 0 aliphatic heterocycles. The van der Waals surface area contributed by atoms with Crippen LogP contribution in [0.25, 0.3) is 0 Å². The van der Waals surface area contributed by atoms with Gasteiger partial charge >= 0.3 is 0 Å². The van der Waals surface area contributed by atoms with Gasteiger partial charge in [-0.3, -0.25) is 4.98 Å². The Bertz CT molecular complexity index is 364. The molecule has 0 atom stereocenters. The van der Waals surface area contributed by atoms with Gasteiger partial charge in [0.25, 0.3) is 0 Å². The Kier molecular flexibility index (Phi) is 1.90. The Labute approximate surface area is 77.0 Å². The highest BCUT2D eigenvalue weighted by Gasteiger charge is 2.23. The van der Waals surface area contributed by atoms with Gasteiger partial charge in [0.15, 0.2) is 0 Å². The van der Waals surface area contributed by atoms with Gasteiger partial charge in [-0.2, -0.15) is 5.26 Å². The fourth-order valence-corrected chi connectivity index (χ4v) is 1.07. The number of hydrogen-bond donors (Lipinski definition) is 0. The highest BCUT2D eigenvalue weighted by molar-refractivity contribution is 5.37. The first-order valence-corrected chi connectivity index (χ1v) is 4.33. The van der Waals surface area contributed by atoms with E-state index in [2.05, 4.69) is 11.1 Å². The summed E-state index contributed by atoms with van der Waals surface area (Å²) in [6.45, 7) is 1.82. The van der Waals surface area contributed by atoms with Gasteiger partial charge in [-0.15, -0.1) is 0 Å². The van der Waals surface area contributed by atoms with Gasteiger partial charge in [0.2, 0.25) is 0 Å². The number of ether oxygens (including phenoxy) is 1. The monoisotopic (exact) mass is 174 g/mol. The third kappa shape index (κ3) is 1.78. The molecule has 1 aromatic rings. The van der Waals surface area contributed by atoms with Crippen LogP contribution in [0.1, 0.15) is 24.1 Å². The van der Waals surface area contributed by atoms with Crippen LogP contribution >= 0.6 is 0 Å². The molecule has 3 nitrogen and oxygen atoms in total. The Hall–Kier alpha value is -1.56. The maximum absolute atomic E-state index is 8.75. The van der Waals surface area contributed by atoms with Crippen molar-refractivity contribution in [1.29, 1.82) is 5.26 Å². The lowest BCUT2D eigenvalue weighted by molar-refractivity contribution is 0.302. The Morgan fingerprint density at radius 2 is 2.38 bits per heavy atom. The van der Waals surface area contributed by atoms with Crippen LogP contribution in [0.4, 0.5) is 0 Å². The predicted molar refractivity (Wildman–Crippen MR) is 47.3 cm³/mol. The van der Waals surface area contributed by atoms with Crippen molar-refractivity contribution in [3.63, 3.8) is 0 Å². The number of nitrogens with zero attached hydrogens (tertiary/aromatic N) is 2. The SMILES string of the molecule is Cc1ncc(OC2CC2)cc1C#N. The molecule has 1 saturated carbocycles. The molecule has 0 unspecified atom stereocenters. The summed E-state index contributed by atoms with van der Waals surface area (Å²) in [7, 11) is 0. The quantitative estimate of drug-likeness (QED) is 0.686. The molecule has 1 aliphatic carbocycles. The molecule has 0 aromatic carbocycles. The van der Waals surface area contributed by atoms with E-state index in [1.54, 1.807) is 12.3 Å². The van der Waals surface area contributed by atoms with Crippen molar-refractivity contribution in [2.75, 3.05) is 0 Å². The van der Waals surface area contributed by atoms with Crippen molar-refractivity contribution in [3.8, 4) is 11.8 Å². The number of aromatic nitrogens is 1. The standard InChI is InChI=1S/C10H10N2O/c1-7-8(5-11)4-10(6-12-7)13-9-2-3-9/h4,6,9H,2-3H2,1H3. The van der Waals surface area contributed by atoms with Crippen LogP contribution < -0.4 is 4.74 Å². The van der Waals surface area contributed by atoms with Crippen molar-refractivity contribution in [3.05, 3.63) is 23.5 Å². The molecule has 1 heterocycles. The topological polar surface area (TPSA) is 45.9 Å². The average molecular weight is 174 g/mol. The Morgan fingerprint density at radius 3 is 3.00 bits per heavy atom. The number of hydrogen-bond acceptors (Lipinski definition) is 3. The van der Waals surface area contributed by atoms with Crippen LogP contribution in [0.5, 0.6) is 5.75 Å². The molecule has 1 aliphatic rings. The van der Waals surface area contributed by atoms with E-state index in [9.17, 15) is 0 Å². The lowest BCUT2D eigenvalue weighted by Crippen LogP contribution is -1.98. The molecule has 0 N–H and O–H groups in total. The van der Waals surface area contributed by atoms with E-state index in [1.165, 1.54) is 0 Å². The number of aryl methyl sites for hydroxylation is 1. The summed E-state index contributed by atoms with van der Waals surface area (Å²) in [6.07, 6.45) is 4.27. The van der Waals surface area contributed by atoms with E-state index in [0.717, 1.165) is 18.5 Å². The minimum absolute atomic E-state index is 0.357. The van der Waals surface area contributed by atoms with Crippen LogP contribution in [0.15, 0.2) is 12.3 Å². The zero-order valence-corrected chi connectivity index (χ0v) is 7.45. The molecular weight excluding hydrogens is 164 g/mol. The van der Waals surface area contributed by atoms with E-state index in [-0.39, 0.29) is 0 Å². The molecule has 0 saturated heterocycles. The van der Waals surface area contributed by atoms with Crippen LogP contribution in [-0.4, -0.2) is 11.1 Å². The van der Waals surface area contributed by atoms with Crippen LogP contribution in [0.3, 0.4) is 0 Å². The lowest BCUT2D eigenvalue weighted by Gasteiger charge is -2.04. The van der Waals surface area contributed by atoms with Gasteiger partial charge in [-0.25, -0.2) is 0 Å².